The predicted molar refractivity (Wildman–Crippen MR) is 165 cm³/mol. The Balaban J connectivity index is 1.72. The minimum atomic E-state index is -0.525. The highest BCUT2D eigenvalue weighted by molar-refractivity contribution is 5.89. The molecule has 1 aliphatic rings. The molecule has 212 valence electrons. The number of nitrogens with zero attached hydrogens (tertiary/aromatic N) is 3. The SMILES string of the molecule is CCn1c(-c2cc3c(c(C(C)(C)C)c2)OC(N)=C(C#N)C3c2c(C)[nH]c3ccc(OC)cc23)nc2ccccc2c1=O. The minimum Gasteiger partial charge on any atom is -0.497 e. The summed E-state index contributed by atoms with van der Waals surface area (Å²) in [6.45, 7) is 10.7. The number of hydrogen-bond acceptors (Lipinski definition) is 6. The van der Waals surface area contributed by atoms with E-state index in [1.165, 1.54) is 0 Å². The van der Waals surface area contributed by atoms with E-state index < -0.39 is 5.92 Å². The lowest BCUT2D eigenvalue weighted by Crippen LogP contribution is -2.26. The molecule has 1 unspecified atom stereocenters. The van der Waals surface area contributed by atoms with Gasteiger partial charge in [-0.1, -0.05) is 32.9 Å². The molecule has 0 radical (unpaired) electrons. The van der Waals surface area contributed by atoms with E-state index in [1.807, 2.05) is 62.4 Å². The van der Waals surface area contributed by atoms with Gasteiger partial charge < -0.3 is 20.2 Å². The van der Waals surface area contributed by atoms with Crippen molar-refractivity contribution in [1.29, 1.82) is 5.26 Å². The molecule has 0 bridgehead atoms. The third-order valence-corrected chi connectivity index (χ3v) is 8.09. The number of rotatable bonds is 4. The maximum Gasteiger partial charge on any atom is 0.261 e. The fraction of sp³-hybridized carbons (Fsp3) is 0.265. The summed E-state index contributed by atoms with van der Waals surface area (Å²) in [4.78, 5) is 22.0. The summed E-state index contributed by atoms with van der Waals surface area (Å²) in [6.07, 6.45) is 0. The Hall–Kier alpha value is -5.03. The zero-order valence-corrected chi connectivity index (χ0v) is 24.6. The van der Waals surface area contributed by atoms with Crippen molar-refractivity contribution < 1.29 is 9.47 Å². The van der Waals surface area contributed by atoms with Crippen LogP contribution in [-0.2, 0) is 12.0 Å². The van der Waals surface area contributed by atoms with Crippen LogP contribution in [0.25, 0.3) is 33.2 Å². The normalized spacial score (nSPS) is 15.0. The van der Waals surface area contributed by atoms with Crippen molar-refractivity contribution in [1.82, 2.24) is 14.5 Å². The molecular weight excluding hydrogens is 526 g/mol. The summed E-state index contributed by atoms with van der Waals surface area (Å²) in [7, 11) is 1.63. The van der Waals surface area contributed by atoms with Crippen LogP contribution >= 0.6 is 0 Å². The number of nitriles is 1. The fourth-order valence-electron chi connectivity index (χ4n) is 6.06. The molecule has 5 aromatic rings. The van der Waals surface area contributed by atoms with E-state index in [2.05, 4.69) is 31.8 Å². The first-order valence-electron chi connectivity index (χ1n) is 14.0. The molecule has 2 aromatic heterocycles. The maximum atomic E-state index is 13.6. The van der Waals surface area contributed by atoms with Gasteiger partial charge >= 0.3 is 0 Å². The molecule has 42 heavy (non-hydrogen) atoms. The first kappa shape index (κ1) is 27.2. The zero-order chi connectivity index (χ0) is 29.9. The number of hydrogen-bond donors (Lipinski definition) is 2. The van der Waals surface area contributed by atoms with Crippen LogP contribution < -0.4 is 20.8 Å². The quantitative estimate of drug-likeness (QED) is 0.263. The van der Waals surface area contributed by atoms with Crippen molar-refractivity contribution in [3.8, 4) is 29.0 Å². The van der Waals surface area contributed by atoms with Crippen molar-refractivity contribution in [3.63, 3.8) is 0 Å². The van der Waals surface area contributed by atoms with E-state index in [0.29, 0.717) is 40.3 Å². The van der Waals surface area contributed by atoms with Crippen molar-refractivity contribution >= 4 is 21.8 Å². The molecule has 8 heteroatoms. The Kier molecular flexibility index (Phi) is 6.34. The largest absolute Gasteiger partial charge is 0.497 e. The van der Waals surface area contributed by atoms with Gasteiger partial charge in [0.1, 0.15) is 29.0 Å². The summed E-state index contributed by atoms with van der Waals surface area (Å²) in [5, 5.41) is 11.9. The van der Waals surface area contributed by atoms with E-state index in [9.17, 15) is 10.1 Å². The molecule has 1 aliphatic heterocycles. The summed E-state index contributed by atoms with van der Waals surface area (Å²) in [5.41, 5.74) is 12.2. The highest BCUT2D eigenvalue weighted by Crippen LogP contribution is 2.50. The number of para-hydroxylation sites is 1. The maximum absolute atomic E-state index is 13.6. The fourth-order valence-corrected chi connectivity index (χ4v) is 6.06. The van der Waals surface area contributed by atoms with E-state index in [4.69, 9.17) is 20.2 Å². The molecule has 1 atom stereocenters. The average molecular weight is 560 g/mol. The molecule has 0 fully saturated rings. The third-order valence-electron chi connectivity index (χ3n) is 8.09. The first-order valence-corrected chi connectivity index (χ1v) is 14.0. The molecular formula is C34H33N5O3. The van der Waals surface area contributed by atoms with E-state index in [1.54, 1.807) is 17.7 Å². The highest BCUT2D eigenvalue weighted by atomic mass is 16.5. The second kappa shape index (κ2) is 9.81. The number of ether oxygens (including phenoxy) is 2. The number of aryl methyl sites for hydroxylation is 1. The van der Waals surface area contributed by atoms with Gasteiger partial charge in [-0.15, -0.1) is 0 Å². The summed E-state index contributed by atoms with van der Waals surface area (Å²) in [5.74, 6) is 1.45. The molecule has 0 amide bonds. The number of nitrogens with one attached hydrogen (secondary N) is 1. The highest BCUT2D eigenvalue weighted by Gasteiger charge is 2.37. The standard InChI is InChI=1S/C34H33N5O3/c1-7-39-32(38-26-11-9-8-10-21(26)33(39)40)19-14-23-29(28-18(2)37-27-13-12-20(41-6)16-22(27)28)24(17-35)31(36)42-30(23)25(15-19)34(3,4)5/h8-16,29,37H,7,36H2,1-6H3. The number of nitrogens with two attached hydrogens (primary N) is 1. The molecule has 0 saturated carbocycles. The van der Waals surface area contributed by atoms with Crippen molar-refractivity contribution in [2.45, 2.75) is 52.5 Å². The molecule has 8 nitrogen and oxygen atoms in total. The van der Waals surface area contributed by atoms with Crippen LogP contribution in [0.5, 0.6) is 11.5 Å². The Morgan fingerprint density at radius 1 is 1.14 bits per heavy atom. The van der Waals surface area contributed by atoms with E-state index in [-0.39, 0.29) is 16.9 Å². The van der Waals surface area contributed by atoms with Crippen LogP contribution in [0.2, 0.25) is 0 Å². The monoisotopic (exact) mass is 559 g/mol. The topological polar surface area (TPSA) is 119 Å². The van der Waals surface area contributed by atoms with E-state index >= 15 is 0 Å². The Bertz CT molecular complexity index is 2040. The molecule has 0 aliphatic carbocycles. The van der Waals surface area contributed by atoms with Gasteiger partial charge in [-0.2, -0.15) is 5.26 Å². The number of H-pyrrole nitrogens is 1. The van der Waals surface area contributed by atoms with Crippen molar-refractivity contribution in [2.24, 2.45) is 5.73 Å². The minimum absolute atomic E-state index is 0.0826. The van der Waals surface area contributed by atoms with Crippen LogP contribution in [0.4, 0.5) is 0 Å². The Morgan fingerprint density at radius 2 is 1.90 bits per heavy atom. The van der Waals surface area contributed by atoms with Crippen LogP contribution in [0.3, 0.4) is 0 Å². The van der Waals surface area contributed by atoms with Gasteiger partial charge in [0, 0.05) is 39.8 Å². The van der Waals surface area contributed by atoms with Gasteiger partial charge in [0.2, 0.25) is 5.88 Å². The molecule has 6 rings (SSSR count). The summed E-state index contributed by atoms with van der Waals surface area (Å²) in [6, 6.07) is 19.6. The molecule has 3 N–H and O–H groups in total. The molecule has 0 spiro atoms. The molecule has 3 heterocycles. The third kappa shape index (κ3) is 4.12. The van der Waals surface area contributed by atoms with Gasteiger partial charge in [0.25, 0.3) is 5.56 Å². The van der Waals surface area contributed by atoms with Crippen LogP contribution in [-0.4, -0.2) is 21.6 Å². The lowest BCUT2D eigenvalue weighted by molar-refractivity contribution is 0.379. The lowest BCUT2D eigenvalue weighted by Gasteiger charge is -2.32. The second-order valence-electron chi connectivity index (χ2n) is 11.7. The Labute approximate surface area is 244 Å². The number of methoxy groups -OCH3 is 1. The van der Waals surface area contributed by atoms with Gasteiger partial charge in [-0.3, -0.25) is 9.36 Å². The number of aromatic amines is 1. The predicted octanol–water partition coefficient (Wildman–Crippen LogP) is 6.40. The molecule has 3 aromatic carbocycles. The number of fused-ring (bicyclic) bond motifs is 3. The Morgan fingerprint density at radius 3 is 2.60 bits per heavy atom. The van der Waals surface area contributed by atoms with Crippen LogP contribution in [0.1, 0.15) is 56.0 Å². The summed E-state index contributed by atoms with van der Waals surface area (Å²) < 4.78 is 13.5. The van der Waals surface area contributed by atoms with Crippen LogP contribution in [0, 0.1) is 18.3 Å². The summed E-state index contributed by atoms with van der Waals surface area (Å²) >= 11 is 0. The van der Waals surface area contributed by atoms with Crippen molar-refractivity contribution in [2.75, 3.05) is 7.11 Å². The number of allylic oxidation sites excluding steroid dienone is 1. The second-order valence-corrected chi connectivity index (χ2v) is 11.7. The number of aromatic nitrogens is 3. The lowest BCUT2D eigenvalue weighted by atomic mass is 9.77. The van der Waals surface area contributed by atoms with Gasteiger partial charge in [0.15, 0.2) is 0 Å². The molecule has 0 saturated heterocycles. The van der Waals surface area contributed by atoms with Gasteiger partial charge in [-0.05, 0) is 67.3 Å². The van der Waals surface area contributed by atoms with Crippen LogP contribution in [0.15, 0.2) is 70.8 Å². The average Bonchev–Trinajstić information content (AvgIpc) is 3.29. The van der Waals surface area contributed by atoms with Crippen molar-refractivity contribution in [3.05, 3.63) is 98.8 Å². The van der Waals surface area contributed by atoms with E-state index in [0.717, 1.165) is 38.9 Å². The van der Waals surface area contributed by atoms with Gasteiger partial charge in [-0.25, -0.2) is 4.98 Å². The smallest absolute Gasteiger partial charge is 0.261 e. The van der Waals surface area contributed by atoms with Gasteiger partial charge in [0.05, 0.1) is 23.9 Å². The number of benzene rings is 3. The zero-order valence-electron chi connectivity index (χ0n) is 24.6. The first-order chi connectivity index (χ1) is 20.1.